The van der Waals surface area contributed by atoms with E-state index in [9.17, 15) is 13.2 Å². The van der Waals surface area contributed by atoms with Gasteiger partial charge in [0.05, 0.1) is 17.1 Å². The molecule has 6 nitrogen and oxygen atoms in total. The Kier molecular flexibility index (Phi) is 5.34. The van der Waals surface area contributed by atoms with Gasteiger partial charge in [-0.05, 0) is 58.0 Å². The van der Waals surface area contributed by atoms with Crippen LogP contribution in [0.4, 0.5) is 5.69 Å². The SMILES string of the molecule is Cc1ccc(S(=O)(=O)N2CC(C(=O)NC(C)(C)C)Oc3ccc(Cl)cc32)cc1. The minimum Gasteiger partial charge on any atom is -0.476 e. The summed E-state index contributed by atoms with van der Waals surface area (Å²) in [5, 5.41) is 3.22. The number of hydrogen-bond acceptors (Lipinski definition) is 4. The Morgan fingerprint density at radius 3 is 2.43 bits per heavy atom. The Bertz CT molecular complexity index is 998. The van der Waals surface area contributed by atoms with Gasteiger partial charge in [-0.1, -0.05) is 29.3 Å². The zero-order valence-electron chi connectivity index (χ0n) is 16.2. The van der Waals surface area contributed by atoms with E-state index < -0.39 is 21.7 Å². The average molecular weight is 423 g/mol. The highest BCUT2D eigenvalue weighted by atomic mass is 35.5. The van der Waals surface area contributed by atoms with Crippen molar-refractivity contribution in [2.75, 3.05) is 10.8 Å². The van der Waals surface area contributed by atoms with Crippen LogP contribution < -0.4 is 14.4 Å². The molecule has 28 heavy (non-hydrogen) atoms. The van der Waals surface area contributed by atoms with Gasteiger partial charge in [0.25, 0.3) is 15.9 Å². The standard InChI is InChI=1S/C20H23ClN2O4S/c1-13-5-8-15(9-6-13)28(25,26)23-12-18(19(24)22-20(2,3)4)27-17-10-7-14(21)11-16(17)23/h5-11,18H,12H2,1-4H3,(H,22,24). The van der Waals surface area contributed by atoms with Crippen molar-refractivity contribution in [1.29, 1.82) is 0 Å². The second-order valence-electron chi connectivity index (χ2n) is 7.81. The van der Waals surface area contributed by atoms with Crippen molar-refractivity contribution in [2.45, 2.75) is 44.2 Å². The maximum atomic E-state index is 13.3. The molecule has 150 valence electrons. The topological polar surface area (TPSA) is 75.7 Å². The van der Waals surface area contributed by atoms with Crippen molar-refractivity contribution in [3.05, 3.63) is 53.1 Å². The van der Waals surface area contributed by atoms with Crippen LogP contribution in [0, 0.1) is 6.92 Å². The molecule has 1 heterocycles. The minimum absolute atomic E-state index is 0.140. The lowest BCUT2D eigenvalue weighted by atomic mass is 10.1. The molecule has 8 heteroatoms. The fourth-order valence-corrected chi connectivity index (χ4v) is 4.51. The number of anilines is 1. The highest BCUT2D eigenvalue weighted by molar-refractivity contribution is 7.92. The number of carbonyl (C=O) groups excluding carboxylic acids is 1. The third-order valence-corrected chi connectivity index (χ3v) is 6.22. The lowest BCUT2D eigenvalue weighted by Gasteiger charge is -2.36. The van der Waals surface area contributed by atoms with Gasteiger partial charge in [-0.25, -0.2) is 8.42 Å². The largest absolute Gasteiger partial charge is 0.476 e. The third-order valence-electron chi connectivity index (χ3n) is 4.19. The van der Waals surface area contributed by atoms with E-state index in [0.717, 1.165) is 5.56 Å². The molecule has 2 aromatic carbocycles. The molecule has 0 bridgehead atoms. The lowest BCUT2D eigenvalue weighted by Crippen LogP contribution is -2.54. The van der Waals surface area contributed by atoms with Crippen LogP contribution in [0.3, 0.4) is 0 Å². The third kappa shape index (κ3) is 4.25. The van der Waals surface area contributed by atoms with Crippen LogP contribution in [0.1, 0.15) is 26.3 Å². The van der Waals surface area contributed by atoms with Crippen LogP contribution in [0.25, 0.3) is 0 Å². The van der Waals surface area contributed by atoms with Crippen LogP contribution in [0.5, 0.6) is 5.75 Å². The molecule has 0 saturated carbocycles. The van der Waals surface area contributed by atoms with Gasteiger partial charge >= 0.3 is 0 Å². The van der Waals surface area contributed by atoms with Crippen molar-refractivity contribution >= 4 is 33.2 Å². The van der Waals surface area contributed by atoms with Gasteiger partial charge in [-0.2, -0.15) is 0 Å². The summed E-state index contributed by atoms with van der Waals surface area (Å²) >= 11 is 6.09. The number of amides is 1. The van der Waals surface area contributed by atoms with Crippen LogP contribution in [-0.4, -0.2) is 32.5 Å². The first-order valence-electron chi connectivity index (χ1n) is 8.85. The summed E-state index contributed by atoms with van der Waals surface area (Å²) < 4.78 is 33.6. The number of fused-ring (bicyclic) bond motifs is 1. The quantitative estimate of drug-likeness (QED) is 0.821. The Balaban J connectivity index is 2.04. The van der Waals surface area contributed by atoms with Crippen molar-refractivity contribution in [1.82, 2.24) is 5.32 Å². The number of carbonyl (C=O) groups is 1. The summed E-state index contributed by atoms with van der Waals surface area (Å²) in [7, 11) is -3.90. The molecule has 0 aromatic heterocycles. The number of aryl methyl sites for hydroxylation is 1. The Hall–Kier alpha value is -2.25. The van der Waals surface area contributed by atoms with Crippen LogP contribution in [0.15, 0.2) is 47.4 Å². The molecule has 2 aromatic rings. The van der Waals surface area contributed by atoms with Gasteiger partial charge in [-0.3, -0.25) is 9.10 Å². The van der Waals surface area contributed by atoms with Crippen LogP contribution in [-0.2, 0) is 14.8 Å². The van der Waals surface area contributed by atoms with E-state index in [4.69, 9.17) is 16.3 Å². The molecule has 0 spiro atoms. The van der Waals surface area contributed by atoms with Gasteiger partial charge in [0.1, 0.15) is 5.75 Å². The summed E-state index contributed by atoms with van der Waals surface area (Å²) in [4.78, 5) is 12.8. The number of sulfonamides is 1. The van der Waals surface area contributed by atoms with E-state index in [0.29, 0.717) is 16.5 Å². The fraction of sp³-hybridized carbons (Fsp3) is 0.350. The molecular weight excluding hydrogens is 400 g/mol. The Labute approximate surface area is 170 Å². The number of nitrogens with one attached hydrogen (secondary N) is 1. The van der Waals surface area contributed by atoms with E-state index in [1.807, 2.05) is 27.7 Å². The number of rotatable bonds is 3. The summed E-state index contributed by atoms with van der Waals surface area (Å²) in [5.74, 6) is -0.0856. The van der Waals surface area contributed by atoms with Gasteiger partial charge in [0.2, 0.25) is 0 Å². The van der Waals surface area contributed by atoms with E-state index in [-0.39, 0.29) is 17.3 Å². The smallest absolute Gasteiger partial charge is 0.264 e. The monoisotopic (exact) mass is 422 g/mol. The first-order chi connectivity index (χ1) is 13.0. The molecule has 0 fully saturated rings. The van der Waals surface area contributed by atoms with Crippen molar-refractivity contribution < 1.29 is 17.9 Å². The molecule has 1 amide bonds. The number of ether oxygens (including phenoxy) is 1. The van der Waals surface area contributed by atoms with Crippen molar-refractivity contribution in [2.24, 2.45) is 0 Å². The average Bonchev–Trinajstić information content (AvgIpc) is 2.59. The first kappa shape index (κ1) is 20.5. The van der Waals surface area contributed by atoms with E-state index >= 15 is 0 Å². The molecule has 1 atom stereocenters. The molecule has 1 aliphatic rings. The molecule has 1 unspecified atom stereocenters. The zero-order valence-corrected chi connectivity index (χ0v) is 17.8. The fourth-order valence-electron chi connectivity index (χ4n) is 2.88. The Morgan fingerprint density at radius 2 is 1.82 bits per heavy atom. The zero-order chi connectivity index (χ0) is 20.7. The maximum Gasteiger partial charge on any atom is 0.264 e. The van der Waals surface area contributed by atoms with Gasteiger partial charge in [0.15, 0.2) is 6.10 Å². The molecule has 0 aliphatic carbocycles. The molecule has 1 aliphatic heterocycles. The summed E-state index contributed by atoms with van der Waals surface area (Å²) in [6, 6.07) is 11.3. The first-order valence-corrected chi connectivity index (χ1v) is 10.7. The molecular formula is C20H23ClN2O4S. The molecule has 1 N–H and O–H groups in total. The Morgan fingerprint density at radius 1 is 1.18 bits per heavy atom. The van der Waals surface area contributed by atoms with Gasteiger partial charge in [-0.15, -0.1) is 0 Å². The summed E-state index contributed by atoms with van der Waals surface area (Å²) in [6.07, 6.45) is -0.979. The van der Waals surface area contributed by atoms with Crippen LogP contribution >= 0.6 is 11.6 Å². The summed E-state index contributed by atoms with van der Waals surface area (Å²) in [5.41, 5.74) is 0.793. The predicted molar refractivity (Wildman–Crippen MR) is 109 cm³/mol. The normalized spacial score (nSPS) is 16.9. The number of nitrogens with zero attached hydrogens (tertiary/aromatic N) is 1. The number of benzene rings is 2. The highest BCUT2D eigenvalue weighted by Crippen LogP contribution is 2.39. The molecule has 0 saturated heterocycles. The maximum absolute atomic E-state index is 13.3. The van der Waals surface area contributed by atoms with Gasteiger partial charge < -0.3 is 10.1 Å². The lowest BCUT2D eigenvalue weighted by molar-refractivity contribution is -0.129. The number of hydrogen-bond donors (Lipinski definition) is 1. The minimum atomic E-state index is -3.90. The van der Waals surface area contributed by atoms with E-state index in [2.05, 4.69) is 5.32 Å². The second-order valence-corrected chi connectivity index (χ2v) is 10.1. The van der Waals surface area contributed by atoms with Crippen LogP contribution in [0.2, 0.25) is 5.02 Å². The predicted octanol–water partition coefficient (Wildman–Crippen LogP) is 3.52. The highest BCUT2D eigenvalue weighted by Gasteiger charge is 2.38. The van der Waals surface area contributed by atoms with Crippen molar-refractivity contribution in [3.63, 3.8) is 0 Å². The molecule has 0 radical (unpaired) electrons. The summed E-state index contributed by atoms with van der Waals surface area (Å²) in [6.45, 7) is 7.28. The number of halogens is 1. The van der Waals surface area contributed by atoms with Gasteiger partial charge in [0, 0.05) is 10.6 Å². The van der Waals surface area contributed by atoms with E-state index in [1.54, 1.807) is 36.4 Å². The second kappa shape index (κ2) is 7.29. The molecule has 3 rings (SSSR count). The van der Waals surface area contributed by atoms with Crippen molar-refractivity contribution in [3.8, 4) is 5.75 Å². The van der Waals surface area contributed by atoms with E-state index in [1.165, 1.54) is 10.4 Å².